The van der Waals surface area contributed by atoms with E-state index in [0.717, 1.165) is 13.0 Å². The third-order valence-corrected chi connectivity index (χ3v) is 4.75. The lowest BCUT2D eigenvalue weighted by Crippen LogP contribution is -2.35. The Hall–Kier alpha value is -0.120. The van der Waals surface area contributed by atoms with Crippen LogP contribution in [0.4, 0.5) is 0 Å². The van der Waals surface area contributed by atoms with Gasteiger partial charge in [-0.1, -0.05) is 64.7 Å². The van der Waals surface area contributed by atoms with E-state index in [9.17, 15) is 0 Å². The van der Waals surface area contributed by atoms with Crippen molar-refractivity contribution in [2.75, 3.05) is 6.61 Å². The van der Waals surface area contributed by atoms with E-state index in [4.69, 9.17) is 10.6 Å². The molecule has 126 valence electrons. The van der Waals surface area contributed by atoms with Crippen molar-refractivity contribution in [3.8, 4) is 0 Å². The molecule has 1 rings (SSSR count). The summed E-state index contributed by atoms with van der Waals surface area (Å²) < 4.78 is 5.68. The molecule has 1 aliphatic rings. The van der Waals surface area contributed by atoms with Crippen LogP contribution in [0.2, 0.25) is 0 Å². The second-order valence-electron chi connectivity index (χ2n) is 6.69. The maximum Gasteiger partial charge on any atom is 0.0576 e. The van der Waals surface area contributed by atoms with Gasteiger partial charge in [0.1, 0.15) is 0 Å². The van der Waals surface area contributed by atoms with E-state index in [-0.39, 0.29) is 0 Å². The number of hydrogen-bond acceptors (Lipinski definition) is 3. The Morgan fingerprint density at radius 2 is 1.67 bits per heavy atom. The van der Waals surface area contributed by atoms with Crippen LogP contribution in [0, 0.1) is 0 Å². The molecular weight excluding hydrogens is 260 g/mol. The molecule has 0 aliphatic carbocycles. The SMILES string of the molecule is CCCCCCCCCCCC(CCC1CCCO1)NN. The lowest BCUT2D eigenvalue weighted by molar-refractivity contribution is 0.0992. The van der Waals surface area contributed by atoms with E-state index in [1.807, 2.05) is 0 Å². The van der Waals surface area contributed by atoms with Gasteiger partial charge in [-0.25, -0.2) is 0 Å². The summed E-state index contributed by atoms with van der Waals surface area (Å²) in [4.78, 5) is 0. The predicted molar refractivity (Wildman–Crippen MR) is 91.2 cm³/mol. The summed E-state index contributed by atoms with van der Waals surface area (Å²) in [6.07, 6.45) is 19.1. The van der Waals surface area contributed by atoms with Crippen molar-refractivity contribution in [3.63, 3.8) is 0 Å². The monoisotopic (exact) mass is 298 g/mol. The van der Waals surface area contributed by atoms with Crippen molar-refractivity contribution in [3.05, 3.63) is 0 Å². The van der Waals surface area contributed by atoms with Gasteiger partial charge >= 0.3 is 0 Å². The fourth-order valence-electron chi connectivity index (χ4n) is 3.27. The molecule has 0 amide bonds. The van der Waals surface area contributed by atoms with Crippen molar-refractivity contribution in [2.24, 2.45) is 5.84 Å². The molecule has 3 nitrogen and oxygen atoms in total. The molecule has 21 heavy (non-hydrogen) atoms. The fourth-order valence-corrected chi connectivity index (χ4v) is 3.27. The molecule has 1 heterocycles. The summed E-state index contributed by atoms with van der Waals surface area (Å²) in [5, 5.41) is 0. The topological polar surface area (TPSA) is 47.3 Å². The zero-order valence-electron chi connectivity index (χ0n) is 14.2. The van der Waals surface area contributed by atoms with Crippen LogP contribution >= 0.6 is 0 Å². The lowest BCUT2D eigenvalue weighted by atomic mass is 10.00. The number of unbranched alkanes of at least 4 members (excludes halogenated alkanes) is 8. The van der Waals surface area contributed by atoms with Gasteiger partial charge in [-0.05, 0) is 32.1 Å². The standard InChI is InChI=1S/C18H38N2O/c1-2-3-4-5-6-7-8-9-10-12-17(20-19)14-15-18-13-11-16-21-18/h17-18,20H,2-16,19H2,1H3. The van der Waals surface area contributed by atoms with Gasteiger partial charge in [0.05, 0.1) is 6.10 Å². The minimum Gasteiger partial charge on any atom is -0.378 e. The van der Waals surface area contributed by atoms with Gasteiger partial charge in [-0.3, -0.25) is 11.3 Å². The molecule has 0 spiro atoms. The van der Waals surface area contributed by atoms with E-state index in [0.29, 0.717) is 12.1 Å². The third kappa shape index (κ3) is 10.3. The molecule has 1 fully saturated rings. The van der Waals surface area contributed by atoms with Gasteiger partial charge in [0.15, 0.2) is 0 Å². The van der Waals surface area contributed by atoms with E-state index in [2.05, 4.69) is 12.3 Å². The van der Waals surface area contributed by atoms with Crippen molar-refractivity contribution in [1.82, 2.24) is 5.43 Å². The minimum absolute atomic E-state index is 0.485. The number of hydrazine groups is 1. The molecule has 3 N–H and O–H groups in total. The summed E-state index contributed by atoms with van der Waals surface area (Å²) in [6, 6.07) is 0.485. The van der Waals surface area contributed by atoms with Gasteiger partial charge in [0, 0.05) is 12.6 Å². The summed E-state index contributed by atoms with van der Waals surface area (Å²) in [6.45, 7) is 3.24. The smallest absolute Gasteiger partial charge is 0.0576 e. The average molecular weight is 299 g/mol. The quantitative estimate of drug-likeness (QED) is 0.278. The Balaban J connectivity index is 1.87. The number of ether oxygens (including phenoxy) is 1. The molecule has 0 aromatic rings. The van der Waals surface area contributed by atoms with Crippen LogP contribution in [0.5, 0.6) is 0 Å². The molecule has 0 aromatic heterocycles. The summed E-state index contributed by atoms with van der Waals surface area (Å²) in [5.41, 5.74) is 3.00. The first-order valence-electron chi connectivity index (χ1n) is 9.44. The van der Waals surface area contributed by atoms with E-state index >= 15 is 0 Å². The molecule has 2 atom stereocenters. The first kappa shape index (κ1) is 18.9. The summed E-state index contributed by atoms with van der Waals surface area (Å²) in [7, 11) is 0. The van der Waals surface area contributed by atoms with Crippen molar-refractivity contribution >= 4 is 0 Å². The molecule has 0 aromatic carbocycles. The van der Waals surface area contributed by atoms with Crippen molar-refractivity contribution < 1.29 is 4.74 Å². The van der Waals surface area contributed by atoms with E-state index < -0.39 is 0 Å². The van der Waals surface area contributed by atoms with Crippen LogP contribution < -0.4 is 11.3 Å². The van der Waals surface area contributed by atoms with Crippen LogP contribution in [0.1, 0.15) is 96.8 Å². The Morgan fingerprint density at radius 1 is 1.00 bits per heavy atom. The zero-order chi connectivity index (χ0) is 15.2. The number of hydrogen-bond donors (Lipinski definition) is 2. The molecule has 0 saturated carbocycles. The molecule has 1 saturated heterocycles. The maximum atomic E-state index is 5.68. The Kier molecular flexibility index (Phi) is 12.2. The summed E-state index contributed by atoms with van der Waals surface area (Å²) in [5.74, 6) is 5.68. The molecule has 3 heteroatoms. The van der Waals surface area contributed by atoms with Crippen molar-refractivity contribution in [1.29, 1.82) is 0 Å². The Bertz CT molecular complexity index is 217. The van der Waals surface area contributed by atoms with Crippen LogP contribution in [0.25, 0.3) is 0 Å². The highest BCUT2D eigenvalue weighted by Gasteiger charge is 2.17. The molecule has 1 aliphatic heterocycles. The fraction of sp³-hybridized carbons (Fsp3) is 1.00. The normalized spacial score (nSPS) is 20.0. The number of nitrogens with one attached hydrogen (secondary N) is 1. The third-order valence-electron chi connectivity index (χ3n) is 4.75. The Labute approximate surface area is 132 Å². The largest absolute Gasteiger partial charge is 0.378 e. The van der Waals surface area contributed by atoms with Crippen molar-refractivity contribution in [2.45, 2.75) is 109 Å². The number of rotatable bonds is 14. The minimum atomic E-state index is 0.485. The van der Waals surface area contributed by atoms with Gasteiger partial charge in [0.2, 0.25) is 0 Å². The molecule has 0 bridgehead atoms. The second-order valence-corrected chi connectivity index (χ2v) is 6.69. The van der Waals surface area contributed by atoms with E-state index in [1.165, 1.54) is 83.5 Å². The molecular formula is C18H38N2O. The molecule has 0 radical (unpaired) electrons. The highest BCUT2D eigenvalue weighted by molar-refractivity contribution is 4.70. The first-order valence-corrected chi connectivity index (χ1v) is 9.44. The lowest BCUT2D eigenvalue weighted by Gasteiger charge is -2.17. The van der Waals surface area contributed by atoms with Gasteiger partial charge < -0.3 is 4.74 Å². The van der Waals surface area contributed by atoms with Crippen LogP contribution in [-0.4, -0.2) is 18.8 Å². The molecule has 2 unspecified atom stereocenters. The second kappa shape index (κ2) is 13.5. The van der Waals surface area contributed by atoms with Crippen LogP contribution in [-0.2, 0) is 4.74 Å². The van der Waals surface area contributed by atoms with Gasteiger partial charge in [-0.2, -0.15) is 0 Å². The number of nitrogens with two attached hydrogens (primary N) is 1. The van der Waals surface area contributed by atoms with Gasteiger partial charge in [0.25, 0.3) is 0 Å². The highest BCUT2D eigenvalue weighted by atomic mass is 16.5. The summed E-state index contributed by atoms with van der Waals surface area (Å²) >= 11 is 0. The average Bonchev–Trinajstić information content (AvgIpc) is 3.02. The van der Waals surface area contributed by atoms with E-state index in [1.54, 1.807) is 0 Å². The van der Waals surface area contributed by atoms with Crippen LogP contribution in [0.3, 0.4) is 0 Å². The first-order chi connectivity index (χ1) is 10.4. The predicted octanol–water partition coefficient (Wildman–Crippen LogP) is 4.70. The Morgan fingerprint density at radius 3 is 2.24 bits per heavy atom. The zero-order valence-corrected chi connectivity index (χ0v) is 14.2. The highest BCUT2D eigenvalue weighted by Crippen LogP contribution is 2.19. The maximum absolute atomic E-state index is 5.68. The van der Waals surface area contributed by atoms with Gasteiger partial charge in [-0.15, -0.1) is 0 Å². The van der Waals surface area contributed by atoms with Crippen LogP contribution in [0.15, 0.2) is 0 Å².